The second-order valence-electron chi connectivity index (χ2n) is 4.12. The van der Waals surface area contributed by atoms with Crippen LogP contribution in [0.3, 0.4) is 0 Å². The third-order valence-electron chi connectivity index (χ3n) is 2.29. The third-order valence-corrected chi connectivity index (χ3v) is 2.67. The average molecular weight is 236 g/mol. The standard InChI is InChI=1S/C13H14ClNO/c1-8(2)16-11-4-5-12-10(7-11)6-9(3)13(14)15-12/h4-8H,1-3H3. The zero-order valence-electron chi connectivity index (χ0n) is 9.62. The van der Waals surface area contributed by atoms with Gasteiger partial charge in [-0.15, -0.1) is 0 Å². The van der Waals surface area contributed by atoms with E-state index in [0.717, 1.165) is 22.2 Å². The molecule has 0 bridgehead atoms. The second-order valence-corrected chi connectivity index (χ2v) is 4.48. The van der Waals surface area contributed by atoms with Crippen LogP contribution in [0.1, 0.15) is 19.4 Å². The van der Waals surface area contributed by atoms with Gasteiger partial charge in [-0.3, -0.25) is 0 Å². The highest BCUT2D eigenvalue weighted by Crippen LogP contribution is 2.24. The van der Waals surface area contributed by atoms with E-state index in [-0.39, 0.29) is 6.10 Å². The number of hydrogen-bond acceptors (Lipinski definition) is 2. The summed E-state index contributed by atoms with van der Waals surface area (Å²) in [4.78, 5) is 4.31. The molecule has 1 aromatic heterocycles. The van der Waals surface area contributed by atoms with Gasteiger partial charge < -0.3 is 4.74 Å². The minimum Gasteiger partial charge on any atom is -0.491 e. The lowest BCUT2D eigenvalue weighted by Crippen LogP contribution is -2.05. The Morgan fingerprint density at radius 2 is 2.00 bits per heavy atom. The number of rotatable bonds is 2. The normalized spacial score (nSPS) is 11.1. The van der Waals surface area contributed by atoms with Crippen molar-refractivity contribution in [3.05, 3.63) is 35.0 Å². The van der Waals surface area contributed by atoms with Crippen LogP contribution < -0.4 is 4.74 Å². The van der Waals surface area contributed by atoms with Gasteiger partial charge in [0.2, 0.25) is 0 Å². The first-order valence-corrected chi connectivity index (χ1v) is 5.67. The maximum atomic E-state index is 5.97. The summed E-state index contributed by atoms with van der Waals surface area (Å²) in [6.07, 6.45) is 0.179. The van der Waals surface area contributed by atoms with Crippen molar-refractivity contribution in [3.8, 4) is 5.75 Å². The molecule has 0 saturated carbocycles. The van der Waals surface area contributed by atoms with Crippen molar-refractivity contribution in [1.29, 1.82) is 0 Å². The Balaban J connectivity index is 2.49. The number of ether oxygens (including phenoxy) is 1. The molecule has 0 aliphatic rings. The van der Waals surface area contributed by atoms with E-state index in [2.05, 4.69) is 4.98 Å². The zero-order valence-corrected chi connectivity index (χ0v) is 10.4. The maximum Gasteiger partial charge on any atom is 0.132 e. The van der Waals surface area contributed by atoms with E-state index in [9.17, 15) is 0 Å². The molecular formula is C13H14ClNO. The van der Waals surface area contributed by atoms with Crippen LogP contribution in [0, 0.1) is 6.92 Å². The molecule has 0 spiro atoms. The van der Waals surface area contributed by atoms with Crippen molar-refractivity contribution in [2.24, 2.45) is 0 Å². The fourth-order valence-corrected chi connectivity index (χ4v) is 1.73. The van der Waals surface area contributed by atoms with E-state index in [0.29, 0.717) is 5.15 Å². The van der Waals surface area contributed by atoms with Crippen molar-refractivity contribution in [2.75, 3.05) is 0 Å². The smallest absolute Gasteiger partial charge is 0.132 e. The fourth-order valence-electron chi connectivity index (χ4n) is 1.58. The van der Waals surface area contributed by atoms with E-state index in [1.165, 1.54) is 0 Å². The molecule has 0 amide bonds. The first kappa shape index (κ1) is 11.2. The van der Waals surface area contributed by atoms with Crippen molar-refractivity contribution in [2.45, 2.75) is 26.9 Å². The lowest BCUT2D eigenvalue weighted by Gasteiger charge is -2.10. The van der Waals surface area contributed by atoms with Crippen LogP contribution in [0.2, 0.25) is 5.15 Å². The Morgan fingerprint density at radius 3 is 2.69 bits per heavy atom. The molecule has 0 radical (unpaired) electrons. The molecule has 0 unspecified atom stereocenters. The Morgan fingerprint density at radius 1 is 1.25 bits per heavy atom. The van der Waals surface area contributed by atoms with Gasteiger partial charge in [-0.05, 0) is 50.6 Å². The summed E-state index contributed by atoms with van der Waals surface area (Å²) in [7, 11) is 0. The lowest BCUT2D eigenvalue weighted by atomic mass is 10.1. The Labute approximate surface area is 100 Å². The van der Waals surface area contributed by atoms with E-state index < -0.39 is 0 Å². The van der Waals surface area contributed by atoms with E-state index in [1.807, 2.05) is 45.0 Å². The molecule has 0 saturated heterocycles. The number of aryl methyl sites for hydroxylation is 1. The number of fused-ring (bicyclic) bond motifs is 1. The molecule has 2 nitrogen and oxygen atoms in total. The molecular weight excluding hydrogens is 222 g/mol. The molecule has 1 heterocycles. The highest BCUT2D eigenvalue weighted by Gasteiger charge is 2.03. The number of halogens is 1. The van der Waals surface area contributed by atoms with Gasteiger partial charge in [0.25, 0.3) is 0 Å². The first-order chi connectivity index (χ1) is 7.56. The van der Waals surface area contributed by atoms with Gasteiger partial charge in [-0.2, -0.15) is 0 Å². The molecule has 2 rings (SSSR count). The van der Waals surface area contributed by atoms with Gasteiger partial charge in [0.15, 0.2) is 0 Å². The molecule has 0 N–H and O–H groups in total. The number of pyridine rings is 1. The summed E-state index contributed by atoms with van der Waals surface area (Å²) < 4.78 is 5.63. The highest BCUT2D eigenvalue weighted by atomic mass is 35.5. The molecule has 1 aromatic carbocycles. The van der Waals surface area contributed by atoms with Gasteiger partial charge in [0.1, 0.15) is 10.9 Å². The zero-order chi connectivity index (χ0) is 11.7. The molecule has 84 valence electrons. The summed E-state index contributed by atoms with van der Waals surface area (Å²) in [5.74, 6) is 0.867. The number of nitrogens with zero attached hydrogens (tertiary/aromatic N) is 1. The van der Waals surface area contributed by atoms with E-state index in [1.54, 1.807) is 0 Å². The Kier molecular flexibility index (Phi) is 3.01. The molecule has 0 fully saturated rings. The SMILES string of the molecule is Cc1cc2cc(OC(C)C)ccc2nc1Cl. The summed E-state index contributed by atoms with van der Waals surface area (Å²) in [6.45, 7) is 5.97. The minimum atomic E-state index is 0.179. The van der Waals surface area contributed by atoms with E-state index >= 15 is 0 Å². The second kappa shape index (κ2) is 4.30. The summed E-state index contributed by atoms with van der Waals surface area (Å²) in [5.41, 5.74) is 1.88. The number of hydrogen-bond donors (Lipinski definition) is 0. The van der Waals surface area contributed by atoms with Gasteiger partial charge in [-0.25, -0.2) is 4.98 Å². The van der Waals surface area contributed by atoms with Crippen molar-refractivity contribution in [1.82, 2.24) is 4.98 Å². The summed E-state index contributed by atoms with van der Waals surface area (Å²) in [6, 6.07) is 7.86. The maximum absolute atomic E-state index is 5.97. The average Bonchev–Trinajstić information content (AvgIpc) is 2.19. The summed E-state index contributed by atoms with van der Waals surface area (Å²) >= 11 is 5.97. The first-order valence-electron chi connectivity index (χ1n) is 5.30. The predicted molar refractivity (Wildman–Crippen MR) is 67.3 cm³/mol. The topological polar surface area (TPSA) is 22.1 Å². The predicted octanol–water partition coefficient (Wildman–Crippen LogP) is 3.98. The van der Waals surface area contributed by atoms with Gasteiger partial charge in [0.05, 0.1) is 11.6 Å². The van der Waals surface area contributed by atoms with Crippen LogP contribution in [0.4, 0.5) is 0 Å². The Hall–Kier alpha value is -1.28. The van der Waals surface area contributed by atoms with Crippen LogP contribution in [0.15, 0.2) is 24.3 Å². The van der Waals surface area contributed by atoms with Crippen LogP contribution >= 0.6 is 11.6 Å². The van der Waals surface area contributed by atoms with Crippen LogP contribution in [-0.2, 0) is 0 Å². The van der Waals surface area contributed by atoms with Gasteiger partial charge >= 0.3 is 0 Å². The van der Waals surface area contributed by atoms with Crippen LogP contribution in [0.25, 0.3) is 10.9 Å². The van der Waals surface area contributed by atoms with Crippen molar-refractivity contribution < 1.29 is 4.74 Å². The molecule has 3 heteroatoms. The van der Waals surface area contributed by atoms with E-state index in [4.69, 9.17) is 16.3 Å². The number of aromatic nitrogens is 1. The van der Waals surface area contributed by atoms with Crippen molar-refractivity contribution >= 4 is 22.5 Å². The van der Waals surface area contributed by atoms with Crippen molar-refractivity contribution in [3.63, 3.8) is 0 Å². The molecule has 2 aromatic rings. The van der Waals surface area contributed by atoms with Gasteiger partial charge in [-0.1, -0.05) is 11.6 Å². The monoisotopic (exact) mass is 235 g/mol. The third kappa shape index (κ3) is 2.27. The Bertz CT molecular complexity index is 523. The highest BCUT2D eigenvalue weighted by molar-refractivity contribution is 6.30. The quantitative estimate of drug-likeness (QED) is 0.735. The fraction of sp³-hybridized carbons (Fsp3) is 0.308. The summed E-state index contributed by atoms with van der Waals surface area (Å²) in [5, 5.41) is 1.62. The molecule has 16 heavy (non-hydrogen) atoms. The largest absolute Gasteiger partial charge is 0.491 e. The van der Waals surface area contributed by atoms with Crippen LogP contribution in [-0.4, -0.2) is 11.1 Å². The van der Waals surface area contributed by atoms with Crippen LogP contribution in [0.5, 0.6) is 5.75 Å². The van der Waals surface area contributed by atoms with Gasteiger partial charge in [0, 0.05) is 5.39 Å². The molecule has 0 atom stereocenters. The minimum absolute atomic E-state index is 0.179. The molecule has 0 aliphatic carbocycles. The lowest BCUT2D eigenvalue weighted by molar-refractivity contribution is 0.243. The molecule has 0 aliphatic heterocycles. The number of benzene rings is 1.